The molecule has 0 bridgehead atoms. The normalized spacial score (nSPS) is 12.6. The van der Waals surface area contributed by atoms with E-state index in [1.54, 1.807) is 26.0 Å². The maximum atomic E-state index is 12.4. The Hall–Kier alpha value is -1.13. The second kappa shape index (κ2) is 6.87. The molecule has 0 saturated carbocycles. The minimum atomic E-state index is -3.68. The van der Waals surface area contributed by atoms with Gasteiger partial charge in [0.2, 0.25) is 10.0 Å². The number of nitrogens with zero attached hydrogens (tertiary/aromatic N) is 2. The number of nitriles is 1. The fraction of sp³-hybridized carbons (Fsp3) is 0.417. The van der Waals surface area contributed by atoms with Gasteiger partial charge in [0.25, 0.3) is 0 Å². The van der Waals surface area contributed by atoms with Gasteiger partial charge in [0.1, 0.15) is 11.0 Å². The Bertz CT molecular complexity index is 581. The second-order valence-corrected chi connectivity index (χ2v) is 6.13. The molecule has 0 heterocycles. The third-order valence-corrected chi connectivity index (χ3v) is 4.98. The van der Waals surface area contributed by atoms with Crippen LogP contribution in [0.2, 0.25) is 0 Å². The van der Waals surface area contributed by atoms with E-state index in [0.717, 1.165) is 0 Å². The molecule has 0 aliphatic heterocycles. The molecule has 7 heteroatoms. The van der Waals surface area contributed by atoms with E-state index >= 15 is 0 Å². The van der Waals surface area contributed by atoms with Crippen LogP contribution in [0.15, 0.2) is 23.1 Å². The van der Waals surface area contributed by atoms with Gasteiger partial charge in [-0.3, -0.25) is 0 Å². The molecule has 1 aromatic carbocycles. The van der Waals surface area contributed by atoms with Gasteiger partial charge in [0, 0.05) is 19.6 Å². The first kappa shape index (κ1) is 17.9. The Kier molecular flexibility index (Phi) is 6.46. The number of hydrogen-bond acceptors (Lipinski definition) is 4. The van der Waals surface area contributed by atoms with E-state index in [0.29, 0.717) is 5.56 Å². The molecule has 0 amide bonds. The molecule has 0 aliphatic rings. The highest BCUT2D eigenvalue weighted by molar-refractivity contribution is 7.89. The molecule has 19 heavy (non-hydrogen) atoms. The zero-order valence-electron chi connectivity index (χ0n) is 11.1. The summed E-state index contributed by atoms with van der Waals surface area (Å²) in [6.07, 6.45) is 0. The predicted octanol–water partition coefficient (Wildman–Crippen LogP) is 1.26. The fourth-order valence-corrected chi connectivity index (χ4v) is 3.12. The van der Waals surface area contributed by atoms with Crippen LogP contribution in [0.3, 0.4) is 0 Å². The van der Waals surface area contributed by atoms with Crippen LogP contribution in [0.1, 0.15) is 18.1 Å². The highest BCUT2D eigenvalue weighted by atomic mass is 35.5. The number of rotatable bonds is 4. The monoisotopic (exact) mass is 303 g/mol. The average Bonchev–Trinajstić information content (AvgIpc) is 2.36. The molecule has 0 aromatic heterocycles. The second-order valence-electron chi connectivity index (χ2n) is 4.17. The van der Waals surface area contributed by atoms with Crippen molar-refractivity contribution in [3.63, 3.8) is 0 Å². The molecule has 0 spiro atoms. The summed E-state index contributed by atoms with van der Waals surface area (Å²) < 4.78 is 26.0. The van der Waals surface area contributed by atoms with Crippen molar-refractivity contribution in [1.29, 1.82) is 5.26 Å². The molecule has 106 valence electrons. The molecule has 1 atom stereocenters. The SMILES string of the molecule is Cc1cccc(S(=O)(=O)N(C)C(C)CN)c1C#N.Cl. The molecule has 0 fully saturated rings. The van der Waals surface area contributed by atoms with Gasteiger partial charge in [-0.2, -0.15) is 9.57 Å². The Balaban J connectivity index is 0.00000324. The quantitative estimate of drug-likeness (QED) is 0.907. The third kappa shape index (κ3) is 3.45. The molecular weight excluding hydrogens is 286 g/mol. The van der Waals surface area contributed by atoms with E-state index in [-0.39, 0.29) is 35.5 Å². The maximum absolute atomic E-state index is 12.4. The Morgan fingerprint density at radius 1 is 1.47 bits per heavy atom. The van der Waals surface area contributed by atoms with E-state index in [2.05, 4.69) is 0 Å². The number of benzene rings is 1. The standard InChI is InChI=1S/C12H17N3O2S.ClH/c1-9-5-4-6-12(11(9)8-14)18(16,17)15(3)10(2)7-13;/h4-6,10H,7,13H2,1-3H3;1H. The molecule has 2 N–H and O–H groups in total. The van der Waals surface area contributed by atoms with Crippen molar-refractivity contribution < 1.29 is 8.42 Å². The minimum Gasteiger partial charge on any atom is -0.329 e. The number of likely N-dealkylation sites (N-methyl/N-ethyl adjacent to an activating group) is 1. The summed E-state index contributed by atoms with van der Waals surface area (Å²) in [6, 6.07) is 6.41. The molecule has 0 aliphatic carbocycles. The summed E-state index contributed by atoms with van der Waals surface area (Å²) >= 11 is 0. The summed E-state index contributed by atoms with van der Waals surface area (Å²) in [5, 5.41) is 9.08. The van der Waals surface area contributed by atoms with Crippen LogP contribution in [0, 0.1) is 18.3 Å². The van der Waals surface area contributed by atoms with Gasteiger partial charge >= 0.3 is 0 Å². The predicted molar refractivity (Wildman–Crippen MR) is 76.6 cm³/mol. The van der Waals surface area contributed by atoms with Crippen LogP contribution in [-0.4, -0.2) is 32.4 Å². The number of halogens is 1. The molecule has 1 rings (SSSR count). The molecule has 0 saturated heterocycles. The van der Waals surface area contributed by atoms with Gasteiger partial charge in [0.05, 0.1) is 5.56 Å². The fourth-order valence-electron chi connectivity index (χ4n) is 1.54. The number of hydrogen-bond donors (Lipinski definition) is 1. The molecule has 5 nitrogen and oxygen atoms in total. The Morgan fingerprint density at radius 3 is 2.53 bits per heavy atom. The lowest BCUT2D eigenvalue weighted by Gasteiger charge is -2.23. The van der Waals surface area contributed by atoms with Crippen LogP contribution in [-0.2, 0) is 10.0 Å². The van der Waals surface area contributed by atoms with E-state index in [1.807, 2.05) is 6.07 Å². The van der Waals surface area contributed by atoms with Crippen molar-refractivity contribution in [2.75, 3.05) is 13.6 Å². The summed E-state index contributed by atoms with van der Waals surface area (Å²) in [7, 11) is -2.22. The summed E-state index contributed by atoms with van der Waals surface area (Å²) in [6.45, 7) is 3.66. The van der Waals surface area contributed by atoms with Crippen LogP contribution < -0.4 is 5.73 Å². The lowest BCUT2D eigenvalue weighted by molar-refractivity contribution is 0.394. The van der Waals surface area contributed by atoms with Crippen molar-refractivity contribution in [2.24, 2.45) is 5.73 Å². The zero-order valence-corrected chi connectivity index (χ0v) is 12.8. The van der Waals surface area contributed by atoms with Crippen molar-refractivity contribution in [3.8, 4) is 6.07 Å². The molecular formula is C12H18ClN3O2S. The van der Waals surface area contributed by atoms with E-state index < -0.39 is 10.0 Å². The van der Waals surface area contributed by atoms with Crippen molar-refractivity contribution in [3.05, 3.63) is 29.3 Å². The number of nitrogens with two attached hydrogens (primary N) is 1. The highest BCUT2D eigenvalue weighted by Gasteiger charge is 2.27. The highest BCUT2D eigenvalue weighted by Crippen LogP contribution is 2.22. The van der Waals surface area contributed by atoms with Crippen LogP contribution >= 0.6 is 12.4 Å². The topological polar surface area (TPSA) is 87.2 Å². The maximum Gasteiger partial charge on any atom is 0.244 e. The summed E-state index contributed by atoms with van der Waals surface area (Å²) in [5.74, 6) is 0. The number of sulfonamides is 1. The van der Waals surface area contributed by atoms with Crippen molar-refractivity contribution in [1.82, 2.24) is 4.31 Å². The molecule has 0 radical (unpaired) electrons. The Labute approximate surface area is 120 Å². The van der Waals surface area contributed by atoms with Gasteiger partial charge < -0.3 is 5.73 Å². The largest absolute Gasteiger partial charge is 0.329 e. The van der Waals surface area contributed by atoms with Gasteiger partial charge in [-0.05, 0) is 25.5 Å². The lowest BCUT2D eigenvalue weighted by atomic mass is 10.1. The van der Waals surface area contributed by atoms with Crippen molar-refractivity contribution >= 4 is 22.4 Å². The smallest absolute Gasteiger partial charge is 0.244 e. The minimum absolute atomic E-state index is 0. The first-order chi connectivity index (χ1) is 8.36. The van der Waals surface area contributed by atoms with Crippen LogP contribution in [0.5, 0.6) is 0 Å². The summed E-state index contributed by atoms with van der Waals surface area (Å²) in [4.78, 5) is 0.0350. The first-order valence-electron chi connectivity index (χ1n) is 5.54. The van der Waals surface area contributed by atoms with Crippen molar-refractivity contribution in [2.45, 2.75) is 24.8 Å². The molecule has 1 unspecified atom stereocenters. The third-order valence-electron chi connectivity index (χ3n) is 2.97. The summed E-state index contributed by atoms with van der Waals surface area (Å²) in [5.41, 5.74) is 6.31. The van der Waals surface area contributed by atoms with Gasteiger partial charge in [-0.25, -0.2) is 8.42 Å². The molecule has 1 aromatic rings. The van der Waals surface area contributed by atoms with Gasteiger partial charge in [-0.1, -0.05) is 12.1 Å². The first-order valence-corrected chi connectivity index (χ1v) is 6.98. The van der Waals surface area contributed by atoms with E-state index in [9.17, 15) is 8.42 Å². The average molecular weight is 304 g/mol. The lowest BCUT2D eigenvalue weighted by Crippen LogP contribution is -2.39. The van der Waals surface area contributed by atoms with E-state index in [4.69, 9.17) is 11.0 Å². The van der Waals surface area contributed by atoms with E-state index in [1.165, 1.54) is 17.4 Å². The van der Waals surface area contributed by atoms with Crippen LogP contribution in [0.4, 0.5) is 0 Å². The Morgan fingerprint density at radius 2 is 2.05 bits per heavy atom. The number of aryl methyl sites for hydroxylation is 1. The van der Waals surface area contributed by atoms with Gasteiger partial charge in [-0.15, -0.1) is 12.4 Å². The van der Waals surface area contributed by atoms with Crippen LogP contribution in [0.25, 0.3) is 0 Å². The van der Waals surface area contributed by atoms with Gasteiger partial charge in [0.15, 0.2) is 0 Å². The zero-order chi connectivity index (χ0) is 13.9.